The lowest BCUT2D eigenvalue weighted by Crippen LogP contribution is -2.49. The van der Waals surface area contributed by atoms with Crippen molar-refractivity contribution in [3.63, 3.8) is 0 Å². The lowest BCUT2D eigenvalue weighted by atomic mass is 9.88. The van der Waals surface area contributed by atoms with Gasteiger partial charge in [-0.05, 0) is 69.0 Å². The molecule has 4 N–H and O–H groups in total. The molecule has 2 fully saturated rings. The fourth-order valence-electron chi connectivity index (χ4n) is 5.52. The third-order valence-corrected chi connectivity index (χ3v) is 8.56. The summed E-state index contributed by atoms with van der Waals surface area (Å²) in [5, 5.41) is 19.1. The Kier molecular flexibility index (Phi) is 7.90. The van der Waals surface area contributed by atoms with Crippen LogP contribution in [0, 0.1) is 5.82 Å². The van der Waals surface area contributed by atoms with E-state index < -0.39 is 35.4 Å². The molecule has 0 spiro atoms. The zero-order valence-electron chi connectivity index (χ0n) is 24.7. The summed E-state index contributed by atoms with van der Waals surface area (Å²) in [5.74, 6) is -1.07. The van der Waals surface area contributed by atoms with Gasteiger partial charge < -0.3 is 25.6 Å². The van der Waals surface area contributed by atoms with Gasteiger partial charge in [-0.1, -0.05) is 11.6 Å². The minimum atomic E-state index is -2.32. The number of hydrogen-bond donors (Lipinski definition) is 3. The van der Waals surface area contributed by atoms with Gasteiger partial charge in [0.25, 0.3) is 5.91 Å². The SMILES string of the molecule is CCOc1c(CC(N)=O)cc([C@@](O)(CNC(=O)c2cc(OC)n3nc(C4CC4)cc3c2)C2(F)CC2)nc1-c1ccc(F)c(Cl)c1. The van der Waals surface area contributed by atoms with Crippen LogP contribution in [0.15, 0.2) is 42.5 Å². The number of alkyl halides is 1. The maximum Gasteiger partial charge on any atom is 0.251 e. The Morgan fingerprint density at radius 1 is 1.22 bits per heavy atom. The molecule has 45 heavy (non-hydrogen) atoms. The molecule has 2 amide bonds. The van der Waals surface area contributed by atoms with Gasteiger partial charge in [0.15, 0.2) is 5.60 Å². The molecular weight excluding hydrogens is 608 g/mol. The number of halogens is 3. The normalized spacial score (nSPS) is 16.7. The number of amides is 2. The van der Waals surface area contributed by atoms with E-state index in [-0.39, 0.29) is 59.2 Å². The van der Waals surface area contributed by atoms with Crippen LogP contribution in [-0.4, -0.2) is 57.4 Å². The number of methoxy groups -OCH3 is 1. The maximum atomic E-state index is 16.1. The first-order valence-corrected chi connectivity index (χ1v) is 15.0. The number of aromatic nitrogens is 3. The Balaban J connectivity index is 1.39. The van der Waals surface area contributed by atoms with Crippen LogP contribution in [0.25, 0.3) is 16.8 Å². The Morgan fingerprint density at radius 3 is 2.60 bits per heavy atom. The van der Waals surface area contributed by atoms with E-state index in [2.05, 4.69) is 15.4 Å². The molecule has 0 unspecified atom stereocenters. The van der Waals surface area contributed by atoms with E-state index in [4.69, 9.17) is 26.8 Å². The van der Waals surface area contributed by atoms with Crippen LogP contribution in [-0.2, 0) is 16.8 Å². The van der Waals surface area contributed by atoms with Crippen LogP contribution in [0.3, 0.4) is 0 Å². The van der Waals surface area contributed by atoms with Crippen LogP contribution in [0.1, 0.15) is 65.8 Å². The highest BCUT2D eigenvalue weighted by Gasteiger charge is 2.62. The summed E-state index contributed by atoms with van der Waals surface area (Å²) >= 11 is 6.06. The second-order valence-electron chi connectivity index (χ2n) is 11.5. The summed E-state index contributed by atoms with van der Waals surface area (Å²) in [6.07, 6.45) is 1.81. The Labute approximate surface area is 262 Å². The second kappa shape index (κ2) is 11.6. The monoisotopic (exact) mass is 639 g/mol. The van der Waals surface area contributed by atoms with Gasteiger partial charge in [0.05, 0.1) is 48.6 Å². The molecule has 2 aliphatic carbocycles. The summed E-state index contributed by atoms with van der Waals surface area (Å²) < 4.78 is 43.1. The van der Waals surface area contributed by atoms with Crippen molar-refractivity contribution in [1.82, 2.24) is 19.9 Å². The summed E-state index contributed by atoms with van der Waals surface area (Å²) in [6.45, 7) is 1.34. The zero-order valence-corrected chi connectivity index (χ0v) is 25.5. The Morgan fingerprint density at radius 2 is 1.98 bits per heavy atom. The van der Waals surface area contributed by atoms with Crippen molar-refractivity contribution in [3.8, 4) is 22.9 Å². The largest absolute Gasteiger partial charge is 0.491 e. The van der Waals surface area contributed by atoms with Crippen LogP contribution in [0.5, 0.6) is 11.6 Å². The van der Waals surface area contributed by atoms with Gasteiger partial charge in [0.1, 0.15) is 22.9 Å². The first-order valence-electron chi connectivity index (χ1n) is 14.6. The van der Waals surface area contributed by atoms with Crippen LogP contribution in [0.2, 0.25) is 5.02 Å². The van der Waals surface area contributed by atoms with Gasteiger partial charge in [-0.3, -0.25) is 9.59 Å². The van der Waals surface area contributed by atoms with Gasteiger partial charge >= 0.3 is 0 Å². The summed E-state index contributed by atoms with van der Waals surface area (Å²) in [7, 11) is 1.47. The van der Waals surface area contributed by atoms with E-state index in [0.29, 0.717) is 22.9 Å². The van der Waals surface area contributed by atoms with E-state index in [1.54, 1.807) is 17.5 Å². The van der Waals surface area contributed by atoms with Crippen LogP contribution >= 0.6 is 11.6 Å². The Bertz CT molecular complexity index is 1820. The molecule has 10 nitrogen and oxygen atoms in total. The average Bonchev–Trinajstić information content (AvgIpc) is 3.95. The van der Waals surface area contributed by atoms with Gasteiger partial charge in [-0.25, -0.2) is 18.3 Å². The van der Waals surface area contributed by atoms with E-state index in [0.717, 1.165) is 24.6 Å². The number of nitrogens with zero attached hydrogens (tertiary/aromatic N) is 3. The van der Waals surface area contributed by atoms with E-state index in [1.165, 1.54) is 31.4 Å². The fraction of sp³-hybridized carbons (Fsp3) is 0.375. The number of aliphatic hydroxyl groups is 1. The predicted molar refractivity (Wildman–Crippen MR) is 162 cm³/mol. The maximum absolute atomic E-state index is 16.1. The number of carbonyl (C=O) groups is 2. The minimum absolute atomic E-state index is 0.0106. The van der Waals surface area contributed by atoms with Gasteiger partial charge in [-0.15, -0.1) is 0 Å². The minimum Gasteiger partial charge on any atom is -0.491 e. The molecule has 13 heteroatoms. The van der Waals surface area contributed by atoms with Crippen molar-refractivity contribution < 1.29 is 33.0 Å². The number of nitrogens with one attached hydrogen (secondary N) is 1. The van der Waals surface area contributed by atoms with Crippen molar-refractivity contribution in [2.75, 3.05) is 20.3 Å². The number of primary amides is 1. The quantitative estimate of drug-likeness (QED) is 0.205. The fourth-order valence-corrected chi connectivity index (χ4v) is 5.70. The van der Waals surface area contributed by atoms with Crippen molar-refractivity contribution in [2.45, 2.75) is 56.2 Å². The zero-order chi connectivity index (χ0) is 32.1. The summed E-state index contributed by atoms with van der Waals surface area (Å²) in [5.41, 5.74) is 3.37. The molecule has 0 bridgehead atoms. The Hall–Kier alpha value is -4.29. The smallest absolute Gasteiger partial charge is 0.251 e. The van der Waals surface area contributed by atoms with Gasteiger partial charge in [-0.2, -0.15) is 5.10 Å². The molecule has 6 rings (SSSR count). The molecule has 0 aliphatic heterocycles. The first kappa shape index (κ1) is 30.7. The second-order valence-corrected chi connectivity index (χ2v) is 11.9. The lowest BCUT2D eigenvalue weighted by Gasteiger charge is -2.33. The number of pyridine rings is 2. The standard InChI is InChI=1S/C32H32ClF2N5O5/c1-3-45-29-19(13-26(36)41)12-25(38-28(29)18-6-7-23(34)22(33)11-18)32(43,31(35)8-9-31)16-37-30(42)20-10-21-15-24(17-4-5-17)39-40(21)27(14-20)44-2/h6-7,10-12,14-15,17,43H,3-5,8-9,13,16H2,1-2H3,(H2,36,41)(H,37,42)/t32-/m0/s1. The van der Waals surface area contributed by atoms with E-state index in [1.807, 2.05) is 6.07 Å². The highest BCUT2D eigenvalue weighted by atomic mass is 35.5. The number of rotatable bonds is 12. The molecule has 0 radical (unpaired) electrons. The number of ether oxygens (including phenoxy) is 2. The third kappa shape index (κ3) is 5.80. The van der Waals surface area contributed by atoms with Crippen molar-refractivity contribution in [1.29, 1.82) is 0 Å². The topological polar surface area (TPSA) is 141 Å². The van der Waals surface area contributed by atoms with Crippen LogP contribution < -0.4 is 20.5 Å². The predicted octanol–water partition coefficient (Wildman–Crippen LogP) is 4.62. The summed E-state index contributed by atoms with van der Waals surface area (Å²) in [6, 6.07) is 10.3. The molecule has 1 atom stereocenters. The van der Waals surface area contributed by atoms with Crippen molar-refractivity contribution in [3.05, 3.63) is 75.8 Å². The average molecular weight is 640 g/mol. The number of carbonyl (C=O) groups excluding carboxylic acids is 2. The lowest BCUT2D eigenvalue weighted by molar-refractivity contribution is -0.117. The molecular formula is C32H32ClF2N5O5. The molecule has 1 aromatic carbocycles. The number of benzene rings is 1. The first-order chi connectivity index (χ1) is 21.5. The molecule has 2 aliphatic rings. The van der Waals surface area contributed by atoms with Crippen molar-refractivity contribution >= 4 is 28.9 Å². The van der Waals surface area contributed by atoms with Crippen LogP contribution in [0.4, 0.5) is 8.78 Å². The number of hydrogen-bond acceptors (Lipinski definition) is 7. The third-order valence-electron chi connectivity index (χ3n) is 8.27. The van der Waals surface area contributed by atoms with E-state index in [9.17, 15) is 19.1 Å². The molecule has 3 heterocycles. The highest BCUT2D eigenvalue weighted by molar-refractivity contribution is 6.31. The molecule has 3 aromatic heterocycles. The van der Waals surface area contributed by atoms with Crippen molar-refractivity contribution in [2.24, 2.45) is 5.73 Å². The molecule has 0 saturated heterocycles. The molecule has 2 saturated carbocycles. The van der Waals surface area contributed by atoms with E-state index >= 15 is 4.39 Å². The number of nitrogens with two attached hydrogens (primary N) is 1. The summed E-state index contributed by atoms with van der Waals surface area (Å²) in [4.78, 5) is 30.1. The van der Waals surface area contributed by atoms with Gasteiger partial charge in [0.2, 0.25) is 11.8 Å². The number of fused-ring (bicyclic) bond motifs is 1. The molecule has 4 aromatic rings. The molecule has 236 valence electrons. The van der Waals surface area contributed by atoms with Gasteiger partial charge in [0, 0.05) is 28.7 Å². The highest BCUT2D eigenvalue weighted by Crippen LogP contribution is 2.54.